The Kier molecular flexibility index (Phi) is 1.67. The number of halogens is 3. The van der Waals surface area contributed by atoms with Gasteiger partial charge in [-0.05, 0) is 6.07 Å². The van der Waals surface area contributed by atoms with E-state index in [9.17, 15) is 13.2 Å². The maximum absolute atomic E-state index is 12.4. The number of pyridine rings is 1. The molecule has 0 atom stereocenters. The highest BCUT2D eigenvalue weighted by molar-refractivity contribution is 5.55. The minimum Gasteiger partial charge on any atom is -0.397 e. The van der Waals surface area contributed by atoms with Gasteiger partial charge in [0.2, 0.25) is 0 Å². The molecule has 0 spiro atoms. The number of hydrogen-bond acceptors (Lipinski definition) is 2. The number of fused-ring (bicyclic) bond motifs is 1. The molecule has 0 saturated carbocycles. The van der Waals surface area contributed by atoms with Gasteiger partial charge in [-0.25, -0.2) is 4.98 Å². The number of aromatic nitrogens is 2. The number of nitrogens with two attached hydrogens (primary N) is 1. The molecule has 0 aliphatic carbocycles. The highest BCUT2D eigenvalue weighted by Gasteiger charge is 2.33. The quantitative estimate of drug-likeness (QED) is 0.707. The fourth-order valence-corrected chi connectivity index (χ4v) is 1.22. The highest BCUT2D eigenvalue weighted by atomic mass is 19.4. The van der Waals surface area contributed by atoms with Crippen LogP contribution in [0.25, 0.3) is 5.65 Å². The van der Waals surface area contributed by atoms with Crippen molar-refractivity contribution in [1.82, 2.24) is 9.38 Å². The Morgan fingerprint density at radius 3 is 2.71 bits per heavy atom. The van der Waals surface area contributed by atoms with Crippen molar-refractivity contribution in [1.29, 1.82) is 0 Å². The molecule has 2 heterocycles. The zero-order valence-electron chi connectivity index (χ0n) is 6.92. The van der Waals surface area contributed by atoms with Crippen LogP contribution in [0.2, 0.25) is 0 Å². The van der Waals surface area contributed by atoms with E-state index in [4.69, 9.17) is 5.73 Å². The summed E-state index contributed by atoms with van der Waals surface area (Å²) in [4.78, 5) is 3.74. The molecule has 0 aliphatic heterocycles. The monoisotopic (exact) mass is 201 g/mol. The zero-order chi connectivity index (χ0) is 10.3. The van der Waals surface area contributed by atoms with Gasteiger partial charge in [0.1, 0.15) is 5.65 Å². The van der Waals surface area contributed by atoms with Gasteiger partial charge in [-0.1, -0.05) is 0 Å². The molecule has 2 aromatic heterocycles. The normalized spacial score (nSPS) is 12.2. The maximum atomic E-state index is 12.4. The summed E-state index contributed by atoms with van der Waals surface area (Å²) < 4.78 is 38.5. The summed E-state index contributed by atoms with van der Waals surface area (Å²) >= 11 is 0. The van der Waals surface area contributed by atoms with E-state index in [1.54, 1.807) is 0 Å². The Morgan fingerprint density at radius 1 is 1.36 bits per heavy atom. The first-order valence-electron chi connectivity index (χ1n) is 3.78. The van der Waals surface area contributed by atoms with Crippen LogP contribution >= 0.6 is 0 Å². The summed E-state index contributed by atoms with van der Waals surface area (Å²) in [6.45, 7) is 0. The molecule has 2 N–H and O–H groups in total. The SMILES string of the molecule is Nc1cn2ccnc2cc1C(F)(F)F. The Hall–Kier alpha value is -1.72. The summed E-state index contributed by atoms with van der Waals surface area (Å²) in [5.74, 6) is 0. The van der Waals surface area contributed by atoms with Crippen molar-refractivity contribution in [3.05, 3.63) is 30.2 Å². The number of alkyl halides is 3. The average molecular weight is 201 g/mol. The summed E-state index contributed by atoms with van der Waals surface area (Å²) in [7, 11) is 0. The standard InChI is InChI=1S/C8H6F3N3/c9-8(10,11)5-3-7-13-1-2-14(7)4-6(5)12/h1-4H,12H2. The van der Waals surface area contributed by atoms with Gasteiger partial charge >= 0.3 is 6.18 Å². The Labute approximate surface area is 77.0 Å². The molecule has 0 amide bonds. The number of hydrogen-bond donors (Lipinski definition) is 1. The van der Waals surface area contributed by atoms with Crippen molar-refractivity contribution in [3.63, 3.8) is 0 Å². The number of nitrogen functional groups attached to an aromatic ring is 1. The van der Waals surface area contributed by atoms with E-state index in [0.717, 1.165) is 6.07 Å². The van der Waals surface area contributed by atoms with Gasteiger partial charge in [0.25, 0.3) is 0 Å². The van der Waals surface area contributed by atoms with Crippen molar-refractivity contribution < 1.29 is 13.2 Å². The van der Waals surface area contributed by atoms with E-state index in [-0.39, 0.29) is 11.3 Å². The zero-order valence-corrected chi connectivity index (χ0v) is 6.92. The number of nitrogens with zero attached hydrogens (tertiary/aromatic N) is 2. The van der Waals surface area contributed by atoms with E-state index in [1.807, 2.05) is 0 Å². The molecule has 74 valence electrons. The Morgan fingerprint density at radius 2 is 2.07 bits per heavy atom. The lowest BCUT2D eigenvalue weighted by Gasteiger charge is -2.09. The second-order valence-electron chi connectivity index (χ2n) is 2.83. The predicted molar refractivity (Wildman–Crippen MR) is 44.6 cm³/mol. The molecule has 6 heteroatoms. The predicted octanol–water partition coefficient (Wildman–Crippen LogP) is 1.94. The van der Waals surface area contributed by atoms with Crippen molar-refractivity contribution >= 4 is 11.3 Å². The van der Waals surface area contributed by atoms with Crippen LogP contribution in [0.15, 0.2) is 24.7 Å². The minimum atomic E-state index is -4.43. The van der Waals surface area contributed by atoms with E-state index < -0.39 is 11.7 Å². The van der Waals surface area contributed by atoms with Crippen molar-refractivity contribution in [2.24, 2.45) is 0 Å². The molecule has 14 heavy (non-hydrogen) atoms. The topological polar surface area (TPSA) is 43.3 Å². The smallest absolute Gasteiger partial charge is 0.397 e. The maximum Gasteiger partial charge on any atom is 0.418 e. The van der Waals surface area contributed by atoms with Gasteiger partial charge in [-0.15, -0.1) is 0 Å². The van der Waals surface area contributed by atoms with Crippen molar-refractivity contribution in [2.75, 3.05) is 5.73 Å². The third kappa shape index (κ3) is 1.28. The van der Waals surface area contributed by atoms with E-state index in [0.29, 0.717) is 0 Å². The summed E-state index contributed by atoms with van der Waals surface area (Å²) in [6.07, 6.45) is -0.288. The van der Waals surface area contributed by atoms with Crippen molar-refractivity contribution in [2.45, 2.75) is 6.18 Å². The third-order valence-corrected chi connectivity index (χ3v) is 1.87. The van der Waals surface area contributed by atoms with Gasteiger partial charge in [0.15, 0.2) is 0 Å². The fraction of sp³-hybridized carbons (Fsp3) is 0.125. The molecule has 0 unspecified atom stereocenters. The van der Waals surface area contributed by atoms with Crippen LogP contribution in [0.5, 0.6) is 0 Å². The van der Waals surface area contributed by atoms with Crippen LogP contribution < -0.4 is 5.73 Å². The van der Waals surface area contributed by atoms with Crippen molar-refractivity contribution in [3.8, 4) is 0 Å². The second-order valence-corrected chi connectivity index (χ2v) is 2.83. The number of imidazole rings is 1. The molecule has 2 aromatic rings. The Bertz CT molecular complexity index is 472. The molecular weight excluding hydrogens is 195 g/mol. The van der Waals surface area contributed by atoms with Crippen LogP contribution in [0.3, 0.4) is 0 Å². The third-order valence-electron chi connectivity index (χ3n) is 1.87. The van der Waals surface area contributed by atoms with Crippen LogP contribution in [-0.2, 0) is 6.18 Å². The highest BCUT2D eigenvalue weighted by Crippen LogP contribution is 2.33. The molecule has 2 rings (SSSR count). The van der Waals surface area contributed by atoms with Crippen LogP contribution in [0.4, 0.5) is 18.9 Å². The number of anilines is 1. The fourth-order valence-electron chi connectivity index (χ4n) is 1.22. The molecular formula is C8H6F3N3. The summed E-state index contributed by atoms with van der Waals surface area (Å²) in [5.41, 5.74) is 4.34. The largest absolute Gasteiger partial charge is 0.418 e. The lowest BCUT2D eigenvalue weighted by Crippen LogP contribution is -2.09. The minimum absolute atomic E-state index is 0.228. The van der Waals surface area contributed by atoms with Crippen LogP contribution in [0.1, 0.15) is 5.56 Å². The second kappa shape index (κ2) is 2.63. The molecule has 0 aliphatic rings. The van der Waals surface area contributed by atoms with E-state index in [1.165, 1.54) is 23.0 Å². The first-order valence-corrected chi connectivity index (χ1v) is 3.78. The van der Waals surface area contributed by atoms with Gasteiger partial charge in [0, 0.05) is 18.6 Å². The van der Waals surface area contributed by atoms with Gasteiger partial charge in [-0.3, -0.25) is 0 Å². The molecule has 0 bridgehead atoms. The van der Waals surface area contributed by atoms with Crippen LogP contribution in [-0.4, -0.2) is 9.38 Å². The van der Waals surface area contributed by atoms with Gasteiger partial charge in [-0.2, -0.15) is 13.2 Å². The Balaban J connectivity index is 2.71. The number of rotatable bonds is 0. The lowest BCUT2D eigenvalue weighted by atomic mass is 10.2. The van der Waals surface area contributed by atoms with Gasteiger partial charge < -0.3 is 10.1 Å². The molecule has 0 radical (unpaired) electrons. The first-order chi connectivity index (χ1) is 6.48. The molecule has 0 saturated heterocycles. The molecule has 0 fully saturated rings. The summed E-state index contributed by atoms with van der Waals surface area (Å²) in [5, 5.41) is 0. The molecule has 3 nitrogen and oxygen atoms in total. The average Bonchev–Trinajstić information content (AvgIpc) is 2.47. The lowest BCUT2D eigenvalue weighted by molar-refractivity contribution is -0.136. The molecule has 0 aromatic carbocycles. The van der Waals surface area contributed by atoms with Gasteiger partial charge in [0.05, 0.1) is 11.3 Å². The van der Waals surface area contributed by atoms with E-state index >= 15 is 0 Å². The van der Waals surface area contributed by atoms with E-state index in [2.05, 4.69) is 4.98 Å². The first kappa shape index (κ1) is 8.86. The van der Waals surface area contributed by atoms with Crippen LogP contribution in [0, 0.1) is 0 Å². The summed E-state index contributed by atoms with van der Waals surface area (Å²) in [6, 6.07) is 0.926.